The molecule has 1 fully saturated rings. The molecule has 172 valence electrons. The van der Waals surface area contributed by atoms with Crippen LogP contribution in [0.3, 0.4) is 0 Å². The molecule has 0 bridgehead atoms. The van der Waals surface area contributed by atoms with Gasteiger partial charge in [-0.1, -0.05) is 24.3 Å². The van der Waals surface area contributed by atoms with Crippen LogP contribution in [0.2, 0.25) is 0 Å². The van der Waals surface area contributed by atoms with Crippen LogP contribution >= 0.6 is 0 Å². The minimum Gasteiger partial charge on any atom is -0.488 e. The predicted octanol–water partition coefficient (Wildman–Crippen LogP) is 6.09. The van der Waals surface area contributed by atoms with E-state index in [1.54, 1.807) is 16.8 Å². The second-order valence-electron chi connectivity index (χ2n) is 9.19. The molecule has 1 aromatic heterocycles. The first kappa shape index (κ1) is 22.9. The summed E-state index contributed by atoms with van der Waals surface area (Å²) in [5, 5.41) is 0. The van der Waals surface area contributed by atoms with Gasteiger partial charge < -0.3 is 14.2 Å². The molecule has 1 unspecified atom stereocenters. The van der Waals surface area contributed by atoms with Crippen molar-refractivity contribution in [2.24, 2.45) is 0 Å². The molecule has 1 saturated heterocycles. The van der Waals surface area contributed by atoms with E-state index in [0.717, 1.165) is 54.2 Å². The van der Waals surface area contributed by atoms with Crippen molar-refractivity contribution in [2.45, 2.75) is 51.9 Å². The number of pyridine rings is 1. The van der Waals surface area contributed by atoms with Gasteiger partial charge in [-0.25, -0.2) is 0 Å². The number of benzene rings is 2. The maximum atomic E-state index is 12.7. The van der Waals surface area contributed by atoms with Gasteiger partial charge in [-0.15, -0.1) is 0 Å². The van der Waals surface area contributed by atoms with Crippen molar-refractivity contribution in [3.8, 4) is 17.2 Å². The Bertz CT molecular complexity index is 1130. The average Bonchev–Trinajstić information content (AvgIpc) is 2.79. The third-order valence-corrected chi connectivity index (χ3v) is 5.24. The van der Waals surface area contributed by atoms with Crippen LogP contribution in [0, 0.1) is 0 Å². The first-order chi connectivity index (χ1) is 15.9. The highest BCUT2D eigenvalue weighted by Gasteiger charge is 2.15. The fourth-order valence-corrected chi connectivity index (χ4v) is 3.65. The number of hydrogen-bond donors (Lipinski definition) is 0. The summed E-state index contributed by atoms with van der Waals surface area (Å²) >= 11 is 0. The molecule has 1 aliphatic heterocycles. The molecule has 5 heteroatoms. The summed E-state index contributed by atoms with van der Waals surface area (Å²) in [6.07, 6.45) is 8.65. The average molecular weight is 446 g/mol. The van der Waals surface area contributed by atoms with Crippen LogP contribution < -0.4 is 15.0 Å². The summed E-state index contributed by atoms with van der Waals surface area (Å²) < 4.78 is 19.0. The highest BCUT2D eigenvalue weighted by molar-refractivity contribution is 5.69. The van der Waals surface area contributed by atoms with Gasteiger partial charge in [0.05, 0.1) is 6.61 Å². The lowest BCUT2D eigenvalue weighted by molar-refractivity contribution is -0.105. The Balaban J connectivity index is 1.41. The second-order valence-corrected chi connectivity index (χ2v) is 9.19. The molecular weight excluding hydrogens is 414 g/mol. The van der Waals surface area contributed by atoms with E-state index >= 15 is 0 Å². The Kier molecular flexibility index (Phi) is 6.99. The quantitative estimate of drug-likeness (QED) is 0.461. The third-order valence-electron chi connectivity index (χ3n) is 5.24. The fourth-order valence-electron chi connectivity index (χ4n) is 3.65. The van der Waals surface area contributed by atoms with Crippen LogP contribution in [-0.4, -0.2) is 23.1 Å². The molecular formula is C28H31NO4. The van der Waals surface area contributed by atoms with E-state index in [1.165, 1.54) is 0 Å². The smallest absolute Gasteiger partial charge is 0.255 e. The van der Waals surface area contributed by atoms with Gasteiger partial charge in [0.15, 0.2) is 6.29 Å². The molecule has 33 heavy (non-hydrogen) atoms. The molecule has 0 spiro atoms. The van der Waals surface area contributed by atoms with Crippen molar-refractivity contribution in [1.82, 2.24) is 4.57 Å². The van der Waals surface area contributed by atoms with E-state index in [1.807, 2.05) is 87.5 Å². The Labute approximate surface area is 195 Å². The number of aromatic nitrogens is 1. The van der Waals surface area contributed by atoms with E-state index in [2.05, 4.69) is 0 Å². The first-order valence-electron chi connectivity index (χ1n) is 11.4. The Morgan fingerprint density at radius 1 is 0.909 bits per heavy atom. The normalized spacial score (nSPS) is 16.6. The van der Waals surface area contributed by atoms with Gasteiger partial charge >= 0.3 is 0 Å². The summed E-state index contributed by atoms with van der Waals surface area (Å²) in [6, 6.07) is 19.0. The van der Waals surface area contributed by atoms with Crippen LogP contribution in [-0.2, 0) is 4.74 Å². The van der Waals surface area contributed by atoms with Gasteiger partial charge in [-0.05, 0) is 87.2 Å². The minimum absolute atomic E-state index is 0.0876. The van der Waals surface area contributed by atoms with Gasteiger partial charge in [0.2, 0.25) is 0 Å². The highest BCUT2D eigenvalue weighted by Crippen LogP contribution is 2.21. The Morgan fingerprint density at radius 3 is 2.24 bits per heavy atom. The van der Waals surface area contributed by atoms with Crippen LogP contribution in [0.25, 0.3) is 17.8 Å². The van der Waals surface area contributed by atoms with Crippen molar-refractivity contribution >= 4 is 12.2 Å². The fraction of sp³-hybridized carbons (Fsp3) is 0.321. The monoisotopic (exact) mass is 445 g/mol. The van der Waals surface area contributed by atoms with Crippen LogP contribution in [0.4, 0.5) is 0 Å². The molecule has 1 aliphatic rings. The topological polar surface area (TPSA) is 49.7 Å². The highest BCUT2D eigenvalue weighted by atomic mass is 16.7. The molecule has 4 rings (SSSR count). The molecule has 5 nitrogen and oxygen atoms in total. The van der Waals surface area contributed by atoms with Crippen LogP contribution in [0.1, 0.15) is 51.2 Å². The molecule has 2 heterocycles. The zero-order valence-electron chi connectivity index (χ0n) is 19.5. The number of rotatable bonds is 6. The maximum Gasteiger partial charge on any atom is 0.255 e. The van der Waals surface area contributed by atoms with Crippen molar-refractivity contribution < 1.29 is 14.2 Å². The molecule has 0 N–H and O–H groups in total. The summed E-state index contributed by atoms with van der Waals surface area (Å²) in [6.45, 7) is 6.82. The molecule has 2 aromatic carbocycles. The van der Waals surface area contributed by atoms with E-state index in [9.17, 15) is 4.79 Å². The SMILES string of the molecule is CC(C)(C)Oc1ccc(/C=C/c2ccn(-c3ccc(OC4CCCCO4)cc3)c(=O)c2)cc1. The van der Waals surface area contributed by atoms with Gasteiger partial charge in [-0.3, -0.25) is 9.36 Å². The third kappa shape index (κ3) is 6.59. The van der Waals surface area contributed by atoms with E-state index in [-0.39, 0.29) is 17.5 Å². The molecule has 0 radical (unpaired) electrons. The lowest BCUT2D eigenvalue weighted by Gasteiger charge is -2.23. The Hall–Kier alpha value is -3.31. The summed E-state index contributed by atoms with van der Waals surface area (Å²) in [7, 11) is 0. The lowest BCUT2D eigenvalue weighted by atomic mass is 10.1. The van der Waals surface area contributed by atoms with E-state index in [4.69, 9.17) is 14.2 Å². The number of ether oxygens (including phenoxy) is 3. The summed E-state index contributed by atoms with van der Waals surface area (Å²) in [4.78, 5) is 12.7. The van der Waals surface area contributed by atoms with Crippen molar-refractivity contribution in [3.63, 3.8) is 0 Å². The largest absolute Gasteiger partial charge is 0.488 e. The van der Waals surface area contributed by atoms with E-state index < -0.39 is 0 Å². The van der Waals surface area contributed by atoms with Crippen LogP contribution in [0.5, 0.6) is 11.5 Å². The number of nitrogens with zero attached hydrogens (tertiary/aromatic N) is 1. The number of hydrogen-bond acceptors (Lipinski definition) is 4. The minimum atomic E-state index is -0.224. The standard InChI is InChI=1S/C28H31NO4/c1-28(2,3)33-25-13-9-21(10-14-25)7-8-22-17-18-29(26(30)20-22)23-11-15-24(16-12-23)32-27-6-4-5-19-31-27/h7-18,20,27H,4-6,19H2,1-3H3/b8-7+. The zero-order valence-corrected chi connectivity index (χ0v) is 19.5. The molecule has 0 amide bonds. The molecule has 0 aliphatic carbocycles. The Morgan fingerprint density at radius 2 is 1.61 bits per heavy atom. The van der Waals surface area contributed by atoms with Crippen molar-refractivity contribution in [2.75, 3.05) is 6.61 Å². The maximum absolute atomic E-state index is 12.7. The first-order valence-corrected chi connectivity index (χ1v) is 11.4. The van der Waals surface area contributed by atoms with Gasteiger partial charge in [0.25, 0.3) is 5.56 Å². The van der Waals surface area contributed by atoms with Gasteiger partial charge in [0.1, 0.15) is 17.1 Å². The summed E-state index contributed by atoms with van der Waals surface area (Å²) in [5.74, 6) is 1.59. The lowest BCUT2D eigenvalue weighted by Crippen LogP contribution is -2.25. The second kappa shape index (κ2) is 10.1. The molecule has 0 saturated carbocycles. The zero-order chi connectivity index (χ0) is 23.3. The van der Waals surface area contributed by atoms with Gasteiger partial charge in [0, 0.05) is 24.4 Å². The molecule has 1 atom stereocenters. The van der Waals surface area contributed by atoms with Crippen molar-refractivity contribution in [1.29, 1.82) is 0 Å². The summed E-state index contributed by atoms with van der Waals surface area (Å²) in [5.41, 5.74) is 2.37. The van der Waals surface area contributed by atoms with Crippen LogP contribution in [0.15, 0.2) is 71.7 Å². The van der Waals surface area contributed by atoms with Crippen molar-refractivity contribution in [3.05, 3.63) is 88.3 Å². The predicted molar refractivity (Wildman–Crippen MR) is 132 cm³/mol. The van der Waals surface area contributed by atoms with Gasteiger partial charge in [-0.2, -0.15) is 0 Å². The van der Waals surface area contributed by atoms with E-state index in [0.29, 0.717) is 0 Å². The molecule has 3 aromatic rings.